The number of aromatic nitrogens is 5. The monoisotopic (exact) mass is 634 g/mol. The third kappa shape index (κ3) is 5.48. The quantitative estimate of drug-likeness (QED) is 0.257. The minimum Gasteiger partial charge on any atom is -0.393 e. The fourth-order valence-electron chi connectivity index (χ4n) is 6.97. The minimum atomic E-state index is -0.625. The SMILES string of the molecule is CC(C)C(=O)N1CCC(c2cc(-c3ccc(NC(=O)c4c5n(n(-c6ccccc6)c4=O)CCC(O)C5)cc3)c3c(N)ncnn23)CC1. The van der Waals surface area contributed by atoms with Crippen LogP contribution in [0.1, 0.15) is 60.8 Å². The van der Waals surface area contributed by atoms with Gasteiger partial charge in [0.25, 0.3) is 11.5 Å². The molecule has 47 heavy (non-hydrogen) atoms. The standard InChI is InChI=1S/C35H38N8O4/c1-21(2)34(46)40-15-12-23(13-16-40)28-19-27(31-32(36)37-20-38-42(28)31)22-8-10-24(11-9-22)39-33(45)30-29-18-26(44)14-17-41(29)43(35(30)47)25-6-4-3-5-7-25/h3-11,19-21,23,26,44H,12-18H2,1-2H3,(H,39,45)(H2,36,37,38). The lowest BCUT2D eigenvalue weighted by molar-refractivity contribution is -0.135. The first-order valence-electron chi connectivity index (χ1n) is 16.1. The van der Waals surface area contributed by atoms with E-state index in [-0.39, 0.29) is 29.7 Å². The smallest absolute Gasteiger partial charge is 0.284 e. The molecule has 0 saturated carbocycles. The number of piperidine rings is 1. The van der Waals surface area contributed by atoms with Crippen LogP contribution in [-0.2, 0) is 17.8 Å². The Balaban J connectivity index is 1.16. The summed E-state index contributed by atoms with van der Waals surface area (Å²) in [7, 11) is 0. The highest BCUT2D eigenvalue weighted by Crippen LogP contribution is 2.37. The van der Waals surface area contributed by atoms with E-state index in [4.69, 9.17) is 5.73 Å². The van der Waals surface area contributed by atoms with Crippen molar-refractivity contribution in [1.82, 2.24) is 28.9 Å². The molecule has 12 heteroatoms. The molecule has 2 amide bonds. The number of nitrogens with two attached hydrogens (primary N) is 1. The van der Waals surface area contributed by atoms with Gasteiger partial charge in [0.2, 0.25) is 5.91 Å². The third-order valence-corrected chi connectivity index (χ3v) is 9.36. The average molecular weight is 635 g/mol. The number of hydrogen-bond donors (Lipinski definition) is 3. The molecule has 0 bridgehead atoms. The van der Waals surface area contributed by atoms with Crippen molar-refractivity contribution < 1.29 is 14.7 Å². The van der Waals surface area contributed by atoms with E-state index in [2.05, 4.69) is 21.5 Å². The van der Waals surface area contributed by atoms with Crippen molar-refractivity contribution >= 4 is 28.8 Å². The molecule has 242 valence electrons. The number of aliphatic hydroxyl groups excluding tert-OH is 1. The highest BCUT2D eigenvalue weighted by Gasteiger charge is 2.31. The Morgan fingerprint density at radius 2 is 1.72 bits per heavy atom. The van der Waals surface area contributed by atoms with Crippen LogP contribution in [0.2, 0.25) is 0 Å². The molecule has 4 N–H and O–H groups in total. The number of aliphatic hydroxyl groups is 1. The van der Waals surface area contributed by atoms with Crippen molar-refractivity contribution in [1.29, 1.82) is 0 Å². The van der Waals surface area contributed by atoms with Gasteiger partial charge in [-0.2, -0.15) is 5.10 Å². The van der Waals surface area contributed by atoms with Crippen molar-refractivity contribution in [3.8, 4) is 16.8 Å². The predicted octanol–water partition coefficient (Wildman–Crippen LogP) is 3.85. The molecule has 5 aromatic rings. The number of benzene rings is 2. The Morgan fingerprint density at radius 1 is 1.00 bits per heavy atom. The number of amides is 2. The lowest BCUT2D eigenvalue weighted by atomic mass is 9.92. The van der Waals surface area contributed by atoms with E-state index >= 15 is 0 Å². The van der Waals surface area contributed by atoms with Gasteiger partial charge < -0.3 is 21.1 Å². The molecule has 2 aromatic carbocycles. The molecule has 0 radical (unpaired) electrons. The summed E-state index contributed by atoms with van der Waals surface area (Å²) in [5, 5.41) is 17.8. The number of carbonyl (C=O) groups excluding carboxylic acids is 2. The van der Waals surface area contributed by atoms with Crippen LogP contribution in [0.3, 0.4) is 0 Å². The van der Waals surface area contributed by atoms with E-state index in [0.29, 0.717) is 54.5 Å². The summed E-state index contributed by atoms with van der Waals surface area (Å²) in [4.78, 5) is 46.0. The lowest BCUT2D eigenvalue weighted by Gasteiger charge is -2.33. The number of nitrogens with zero attached hydrogens (tertiary/aromatic N) is 6. The van der Waals surface area contributed by atoms with Gasteiger partial charge in [0.1, 0.15) is 17.4 Å². The lowest BCUT2D eigenvalue weighted by Crippen LogP contribution is -2.40. The van der Waals surface area contributed by atoms with E-state index in [9.17, 15) is 19.5 Å². The fourth-order valence-corrected chi connectivity index (χ4v) is 6.97. The van der Waals surface area contributed by atoms with Crippen LogP contribution in [-0.4, -0.2) is 65.0 Å². The third-order valence-electron chi connectivity index (χ3n) is 9.36. The summed E-state index contributed by atoms with van der Waals surface area (Å²) < 4.78 is 5.19. The van der Waals surface area contributed by atoms with E-state index in [1.54, 1.807) is 16.8 Å². The molecule has 2 aliphatic heterocycles. The Labute approximate surface area is 271 Å². The summed E-state index contributed by atoms with van der Waals surface area (Å²) in [6.45, 7) is 5.68. The van der Waals surface area contributed by atoms with E-state index in [1.165, 1.54) is 11.0 Å². The number of nitrogens with one attached hydrogen (secondary N) is 1. The van der Waals surface area contributed by atoms with Crippen LogP contribution in [0.25, 0.3) is 22.3 Å². The number of carbonyl (C=O) groups is 2. The number of fused-ring (bicyclic) bond motifs is 2. The average Bonchev–Trinajstić information content (AvgIpc) is 3.61. The van der Waals surface area contributed by atoms with E-state index in [0.717, 1.165) is 29.7 Å². The number of nitrogen functional groups attached to an aromatic ring is 1. The number of rotatable bonds is 6. The van der Waals surface area contributed by atoms with Crippen LogP contribution < -0.4 is 16.6 Å². The van der Waals surface area contributed by atoms with Gasteiger partial charge in [-0.1, -0.05) is 44.2 Å². The van der Waals surface area contributed by atoms with Gasteiger partial charge in [0.15, 0.2) is 5.82 Å². The zero-order chi connectivity index (χ0) is 32.8. The van der Waals surface area contributed by atoms with E-state index < -0.39 is 17.6 Å². The van der Waals surface area contributed by atoms with Crippen LogP contribution in [0.4, 0.5) is 11.5 Å². The molecule has 0 aliphatic carbocycles. The molecule has 1 saturated heterocycles. The highest BCUT2D eigenvalue weighted by atomic mass is 16.3. The van der Waals surface area contributed by atoms with Crippen molar-refractivity contribution in [2.24, 2.45) is 5.92 Å². The molecular formula is C35H38N8O4. The molecule has 5 heterocycles. The van der Waals surface area contributed by atoms with Crippen molar-refractivity contribution in [2.75, 3.05) is 24.1 Å². The second-order valence-corrected chi connectivity index (χ2v) is 12.7. The van der Waals surface area contributed by atoms with Crippen LogP contribution in [0, 0.1) is 5.92 Å². The molecule has 1 fully saturated rings. The Kier molecular flexibility index (Phi) is 7.88. The largest absolute Gasteiger partial charge is 0.393 e. The van der Waals surface area contributed by atoms with Gasteiger partial charge in [-0.3, -0.25) is 19.1 Å². The minimum absolute atomic E-state index is 0.0255. The Bertz CT molecular complexity index is 2020. The molecule has 1 unspecified atom stereocenters. The summed E-state index contributed by atoms with van der Waals surface area (Å²) in [5.74, 6) is 0.196. The number of likely N-dealkylation sites (tertiary alicyclic amines) is 1. The molecule has 12 nitrogen and oxygen atoms in total. The molecule has 0 spiro atoms. The first-order chi connectivity index (χ1) is 22.7. The van der Waals surface area contributed by atoms with Crippen LogP contribution in [0.15, 0.2) is 71.8 Å². The zero-order valence-electron chi connectivity index (χ0n) is 26.5. The first kappa shape index (κ1) is 30.4. The summed E-state index contributed by atoms with van der Waals surface area (Å²) >= 11 is 0. The fraction of sp³-hybridized carbons (Fsp3) is 0.343. The normalized spacial score (nSPS) is 16.9. The highest BCUT2D eigenvalue weighted by molar-refractivity contribution is 6.05. The first-order valence-corrected chi connectivity index (χ1v) is 16.1. The Morgan fingerprint density at radius 3 is 2.43 bits per heavy atom. The number of hydrogen-bond acceptors (Lipinski definition) is 7. The maximum atomic E-state index is 13.7. The van der Waals surface area contributed by atoms with Crippen LogP contribution >= 0.6 is 0 Å². The molecule has 1 atom stereocenters. The molecular weight excluding hydrogens is 596 g/mol. The van der Waals surface area contributed by atoms with Gasteiger partial charge >= 0.3 is 0 Å². The van der Waals surface area contributed by atoms with Gasteiger partial charge in [-0.15, -0.1) is 0 Å². The van der Waals surface area contributed by atoms with Gasteiger partial charge in [0, 0.05) is 54.8 Å². The van der Waals surface area contributed by atoms with Gasteiger partial charge in [-0.25, -0.2) is 14.2 Å². The maximum Gasteiger partial charge on any atom is 0.284 e. The Hall–Kier alpha value is -5.23. The van der Waals surface area contributed by atoms with Gasteiger partial charge in [-0.05, 0) is 55.2 Å². The second-order valence-electron chi connectivity index (χ2n) is 12.7. The summed E-state index contributed by atoms with van der Waals surface area (Å²) in [5.41, 5.74) is 11.2. The number of para-hydroxylation sites is 1. The second kappa shape index (κ2) is 12.2. The molecule has 3 aromatic heterocycles. The van der Waals surface area contributed by atoms with Crippen molar-refractivity contribution in [2.45, 2.75) is 58.1 Å². The zero-order valence-corrected chi connectivity index (χ0v) is 26.5. The van der Waals surface area contributed by atoms with Crippen LogP contribution in [0.5, 0.6) is 0 Å². The molecule has 2 aliphatic rings. The topological polar surface area (TPSA) is 153 Å². The maximum absolute atomic E-state index is 13.7. The van der Waals surface area contributed by atoms with E-state index in [1.807, 2.05) is 65.7 Å². The summed E-state index contributed by atoms with van der Waals surface area (Å²) in [6, 6.07) is 18.7. The predicted molar refractivity (Wildman–Crippen MR) is 179 cm³/mol. The van der Waals surface area contributed by atoms with Gasteiger partial charge in [0.05, 0.1) is 17.5 Å². The molecule has 7 rings (SSSR count). The number of anilines is 2. The summed E-state index contributed by atoms with van der Waals surface area (Å²) in [6.07, 6.45) is 3.20. The van der Waals surface area contributed by atoms with Crippen molar-refractivity contribution in [3.05, 3.63) is 94.3 Å². The van der Waals surface area contributed by atoms with Crippen molar-refractivity contribution in [3.63, 3.8) is 0 Å².